The summed E-state index contributed by atoms with van der Waals surface area (Å²) in [5.74, 6) is -9.60. The summed E-state index contributed by atoms with van der Waals surface area (Å²) >= 11 is 0. The van der Waals surface area contributed by atoms with E-state index in [1.165, 1.54) is 11.8 Å². The van der Waals surface area contributed by atoms with Gasteiger partial charge in [0.05, 0.1) is 24.4 Å². The van der Waals surface area contributed by atoms with E-state index in [4.69, 9.17) is 14.2 Å². The second-order valence-corrected chi connectivity index (χ2v) is 10.8. The van der Waals surface area contributed by atoms with Gasteiger partial charge in [0, 0.05) is 24.9 Å². The molecule has 1 aliphatic rings. The summed E-state index contributed by atoms with van der Waals surface area (Å²) in [6.45, 7) is 4.52. The second-order valence-electron chi connectivity index (χ2n) is 10.8. The zero-order chi connectivity index (χ0) is 31.9. The van der Waals surface area contributed by atoms with Crippen molar-refractivity contribution in [2.24, 2.45) is 23.7 Å². The number of carboxylic acid groups (broad SMARTS) is 2. The fraction of sp³-hybridized carbons (Fsp3) is 0.613. The van der Waals surface area contributed by atoms with Crippen LogP contribution < -0.4 is 4.74 Å². The fourth-order valence-electron chi connectivity index (χ4n) is 5.65. The van der Waals surface area contributed by atoms with Gasteiger partial charge in [0.15, 0.2) is 0 Å². The van der Waals surface area contributed by atoms with E-state index < -0.39 is 72.4 Å². The van der Waals surface area contributed by atoms with Crippen molar-refractivity contribution in [2.75, 3.05) is 26.4 Å². The average Bonchev–Trinajstić information content (AvgIpc) is 3.38. The molecule has 12 nitrogen and oxygen atoms in total. The summed E-state index contributed by atoms with van der Waals surface area (Å²) in [6, 6.07) is 8.02. The summed E-state index contributed by atoms with van der Waals surface area (Å²) in [5, 5.41) is 20.7. The number of ketones is 1. The smallest absolute Gasteiger partial charge is 0.313 e. The third-order valence-electron chi connectivity index (χ3n) is 7.56. The van der Waals surface area contributed by atoms with Crippen molar-refractivity contribution >= 4 is 35.6 Å². The van der Waals surface area contributed by atoms with Crippen LogP contribution in [-0.4, -0.2) is 83.1 Å². The highest BCUT2D eigenvalue weighted by molar-refractivity contribution is 5.94. The molecule has 43 heavy (non-hydrogen) atoms. The second kappa shape index (κ2) is 17.9. The Morgan fingerprint density at radius 3 is 2.16 bits per heavy atom. The summed E-state index contributed by atoms with van der Waals surface area (Å²) in [4.78, 5) is 76.3. The van der Waals surface area contributed by atoms with E-state index in [1.807, 2.05) is 13.0 Å². The molecule has 1 saturated heterocycles. The number of rotatable bonds is 20. The number of para-hydroxylation sites is 1. The van der Waals surface area contributed by atoms with Gasteiger partial charge in [-0.3, -0.25) is 28.8 Å². The summed E-state index contributed by atoms with van der Waals surface area (Å²) in [6.07, 6.45) is 1.12. The van der Waals surface area contributed by atoms with E-state index in [2.05, 4.69) is 0 Å². The maximum absolute atomic E-state index is 13.2. The topological polar surface area (TPSA) is 174 Å². The minimum Gasteiger partial charge on any atom is -0.490 e. The minimum atomic E-state index is -1.62. The normalized spacial score (nSPS) is 16.4. The maximum Gasteiger partial charge on any atom is 0.313 e. The van der Waals surface area contributed by atoms with Crippen LogP contribution in [-0.2, 0) is 38.2 Å². The largest absolute Gasteiger partial charge is 0.490 e. The first-order chi connectivity index (χ1) is 20.5. The average molecular weight is 606 g/mol. The molecule has 1 aromatic rings. The first-order valence-corrected chi connectivity index (χ1v) is 14.7. The lowest BCUT2D eigenvalue weighted by Gasteiger charge is -2.38. The highest BCUT2D eigenvalue weighted by Crippen LogP contribution is 2.36. The van der Waals surface area contributed by atoms with E-state index in [1.54, 1.807) is 31.2 Å². The highest BCUT2D eigenvalue weighted by atomic mass is 16.6. The number of ether oxygens (including phenoxy) is 3. The Morgan fingerprint density at radius 1 is 0.953 bits per heavy atom. The lowest BCUT2D eigenvalue weighted by Crippen LogP contribution is -2.51. The van der Waals surface area contributed by atoms with Gasteiger partial charge in [-0.2, -0.15) is 0 Å². The molecular weight excluding hydrogens is 562 g/mol. The van der Waals surface area contributed by atoms with Crippen molar-refractivity contribution in [3.63, 3.8) is 0 Å². The third kappa shape index (κ3) is 11.0. The van der Waals surface area contributed by atoms with Gasteiger partial charge in [0.25, 0.3) is 0 Å². The molecule has 12 heteroatoms. The van der Waals surface area contributed by atoms with Crippen molar-refractivity contribution in [1.82, 2.24) is 4.90 Å². The highest BCUT2D eigenvalue weighted by Gasteiger charge is 2.48. The van der Waals surface area contributed by atoms with E-state index in [0.717, 1.165) is 0 Å². The molecule has 0 saturated carbocycles. The number of amides is 1. The molecule has 5 unspecified atom stereocenters. The molecule has 0 spiro atoms. The Hall–Kier alpha value is -3.96. The number of nitrogens with zero attached hydrogens (tertiary/aromatic N) is 1. The van der Waals surface area contributed by atoms with Gasteiger partial charge in [-0.25, -0.2) is 0 Å². The number of Topliss-reactive ketones (excluding diaryl/α,β-unsaturated/α-hetero) is 1. The standard InChI is InChI=1S/C31H43NO11/c1-4-10-21(31(40)42-16-15-41-23-11-7-6-8-12-23)18-22(19-43-26(35)17-20(3)33)27(29(36)37)28(30(38)39)24(5-2)32-14-9-13-25(32)34/h6-8,11-12,21-22,24,27-28H,4-5,9-10,13-19H2,1-3H3,(H,36,37)(H,38,39). The van der Waals surface area contributed by atoms with Gasteiger partial charge in [-0.1, -0.05) is 38.5 Å². The van der Waals surface area contributed by atoms with Crippen molar-refractivity contribution in [3.05, 3.63) is 30.3 Å². The predicted molar refractivity (Wildman–Crippen MR) is 153 cm³/mol. The Bertz CT molecular complexity index is 1110. The van der Waals surface area contributed by atoms with Crippen LogP contribution in [0, 0.1) is 23.7 Å². The molecule has 2 N–H and O–H groups in total. The minimum absolute atomic E-state index is 0.0682. The van der Waals surface area contributed by atoms with Gasteiger partial charge in [-0.15, -0.1) is 0 Å². The molecule has 0 aliphatic carbocycles. The molecule has 2 rings (SSSR count). The van der Waals surface area contributed by atoms with E-state index >= 15 is 0 Å². The lowest BCUT2D eigenvalue weighted by molar-refractivity contribution is -0.164. The maximum atomic E-state index is 13.2. The molecule has 5 atom stereocenters. The Morgan fingerprint density at radius 2 is 1.63 bits per heavy atom. The monoisotopic (exact) mass is 605 g/mol. The Labute approximate surface area is 251 Å². The molecule has 1 aliphatic heterocycles. The number of carbonyl (C=O) groups excluding carboxylic acids is 4. The van der Waals surface area contributed by atoms with Crippen LogP contribution in [0.5, 0.6) is 5.75 Å². The zero-order valence-electron chi connectivity index (χ0n) is 25.1. The van der Waals surface area contributed by atoms with Crippen LogP contribution in [0.1, 0.15) is 65.7 Å². The molecular formula is C31H43NO11. The van der Waals surface area contributed by atoms with E-state index in [9.17, 15) is 39.0 Å². The molecule has 0 radical (unpaired) electrons. The summed E-state index contributed by atoms with van der Waals surface area (Å²) in [5.41, 5.74) is 0. The van der Waals surface area contributed by atoms with Gasteiger partial charge < -0.3 is 29.3 Å². The molecule has 238 valence electrons. The van der Waals surface area contributed by atoms with Crippen LogP contribution in [0.25, 0.3) is 0 Å². The van der Waals surface area contributed by atoms with Crippen LogP contribution in [0.15, 0.2) is 30.3 Å². The number of carbonyl (C=O) groups is 6. The van der Waals surface area contributed by atoms with E-state index in [0.29, 0.717) is 31.6 Å². The van der Waals surface area contributed by atoms with Gasteiger partial charge in [0.2, 0.25) is 5.91 Å². The third-order valence-corrected chi connectivity index (χ3v) is 7.56. The number of likely N-dealkylation sites (tertiary alicyclic amines) is 1. The van der Waals surface area contributed by atoms with Gasteiger partial charge in [0.1, 0.15) is 31.2 Å². The van der Waals surface area contributed by atoms with Crippen LogP contribution in [0.3, 0.4) is 0 Å². The van der Waals surface area contributed by atoms with E-state index in [-0.39, 0.29) is 38.4 Å². The number of esters is 2. The quantitative estimate of drug-likeness (QED) is 0.127. The zero-order valence-corrected chi connectivity index (χ0v) is 25.1. The molecule has 0 bridgehead atoms. The first kappa shape index (κ1) is 35.2. The van der Waals surface area contributed by atoms with Crippen molar-refractivity contribution in [1.29, 1.82) is 0 Å². The summed E-state index contributed by atoms with van der Waals surface area (Å²) < 4.78 is 16.3. The number of benzene rings is 1. The van der Waals surface area contributed by atoms with Crippen LogP contribution in [0.4, 0.5) is 0 Å². The molecule has 1 amide bonds. The van der Waals surface area contributed by atoms with Gasteiger partial charge >= 0.3 is 23.9 Å². The molecule has 0 aromatic heterocycles. The van der Waals surface area contributed by atoms with Crippen LogP contribution in [0.2, 0.25) is 0 Å². The summed E-state index contributed by atoms with van der Waals surface area (Å²) in [7, 11) is 0. The SMILES string of the molecule is CCCC(CC(COC(=O)CC(C)=O)C(C(=O)O)C(C(=O)O)C(CC)N1CCCC1=O)C(=O)OCCOc1ccccc1. The fourth-order valence-corrected chi connectivity index (χ4v) is 5.65. The van der Waals surface area contributed by atoms with Gasteiger partial charge in [-0.05, 0) is 44.7 Å². The number of hydrogen-bond acceptors (Lipinski definition) is 9. The number of hydrogen-bond donors (Lipinski definition) is 2. The lowest BCUT2D eigenvalue weighted by atomic mass is 9.73. The first-order valence-electron chi connectivity index (χ1n) is 14.7. The molecule has 1 aromatic carbocycles. The van der Waals surface area contributed by atoms with Crippen molar-refractivity contribution < 1.29 is 53.2 Å². The van der Waals surface area contributed by atoms with Crippen molar-refractivity contribution in [2.45, 2.75) is 71.8 Å². The molecule has 1 heterocycles. The predicted octanol–water partition coefficient (Wildman–Crippen LogP) is 3.36. The molecule has 1 fully saturated rings. The number of aliphatic carboxylic acids is 2. The van der Waals surface area contributed by atoms with Crippen molar-refractivity contribution in [3.8, 4) is 5.75 Å². The Kier molecular flexibility index (Phi) is 14.6. The number of carboxylic acids is 2. The Balaban J connectivity index is 2.33. The van der Waals surface area contributed by atoms with Crippen LogP contribution >= 0.6 is 0 Å².